The number of hydrogen-bond donors (Lipinski definition) is 11. The summed E-state index contributed by atoms with van der Waals surface area (Å²) in [5.41, 5.74) is -1.80. The second kappa shape index (κ2) is 15.6. The molecule has 4 aliphatic carbocycles. The minimum Gasteiger partial charge on any atom is -0.432 e. The van der Waals surface area contributed by atoms with Crippen LogP contribution < -0.4 is 0 Å². The number of fused-ring (bicyclic) bond motifs is 3. The molecule has 56 heavy (non-hydrogen) atoms. The van der Waals surface area contributed by atoms with E-state index in [2.05, 4.69) is 13.5 Å². The third-order valence-electron chi connectivity index (χ3n) is 15.0. The van der Waals surface area contributed by atoms with Gasteiger partial charge in [0.2, 0.25) is 6.29 Å². The van der Waals surface area contributed by atoms with E-state index >= 15 is 0 Å². The van der Waals surface area contributed by atoms with Gasteiger partial charge in [0.05, 0.1) is 30.8 Å². The highest BCUT2D eigenvalue weighted by molar-refractivity contribution is 5.77. The van der Waals surface area contributed by atoms with Crippen LogP contribution in [-0.4, -0.2) is 180 Å². The molecule has 18 heteroatoms. The van der Waals surface area contributed by atoms with Crippen LogP contribution in [0.4, 0.5) is 0 Å². The van der Waals surface area contributed by atoms with Gasteiger partial charge in [-0.2, -0.15) is 0 Å². The maximum absolute atomic E-state index is 14.1. The molecule has 4 saturated carbocycles. The second-order valence-corrected chi connectivity index (χ2v) is 18.0. The van der Waals surface area contributed by atoms with Gasteiger partial charge in [0.15, 0.2) is 12.6 Å². The maximum atomic E-state index is 14.1. The summed E-state index contributed by atoms with van der Waals surface area (Å²) in [6.45, 7) is 6.52. The zero-order valence-corrected chi connectivity index (χ0v) is 31.8. The lowest BCUT2D eigenvalue weighted by Crippen LogP contribution is -2.65. The summed E-state index contributed by atoms with van der Waals surface area (Å²) in [5.74, 6) is -0.591. The molecule has 0 unspecified atom stereocenters. The predicted octanol–water partition coefficient (Wildman–Crippen LogP) is -2.94. The van der Waals surface area contributed by atoms with Crippen LogP contribution in [-0.2, 0) is 33.2 Å². The molecule has 7 rings (SSSR count). The highest BCUT2D eigenvalue weighted by Gasteiger charge is 2.69. The lowest BCUT2D eigenvalue weighted by atomic mass is 9.41. The molecule has 3 saturated heterocycles. The minimum absolute atomic E-state index is 0.121. The van der Waals surface area contributed by atoms with Crippen LogP contribution in [0.15, 0.2) is 12.2 Å². The summed E-state index contributed by atoms with van der Waals surface area (Å²) in [6.07, 6.45) is -17.8. The Morgan fingerprint density at radius 1 is 0.679 bits per heavy atom. The van der Waals surface area contributed by atoms with Gasteiger partial charge in [-0.05, 0) is 86.5 Å². The average molecular weight is 805 g/mol. The summed E-state index contributed by atoms with van der Waals surface area (Å²) in [6, 6.07) is 0. The number of carbonyl (C=O) groups excluding carboxylic acids is 1. The van der Waals surface area contributed by atoms with Crippen molar-refractivity contribution in [3.05, 3.63) is 12.2 Å². The van der Waals surface area contributed by atoms with E-state index in [9.17, 15) is 61.0 Å². The molecule has 0 aromatic carbocycles. The normalized spacial score (nSPS) is 54.6. The summed E-state index contributed by atoms with van der Waals surface area (Å²) in [5, 5.41) is 114. The summed E-state index contributed by atoms with van der Waals surface area (Å²) < 4.78 is 35.6. The van der Waals surface area contributed by atoms with Crippen LogP contribution in [0.1, 0.15) is 71.6 Å². The van der Waals surface area contributed by atoms with Gasteiger partial charge in [-0.1, -0.05) is 19.9 Å². The topological polar surface area (TPSA) is 295 Å². The quantitative estimate of drug-likeness (QED) is 0.0631. The molecular weight excluding hydrogens is 744 g/mol. The molecule has 3 aliphatic heterocycles. The molecule has 0 radical (unpaired) electrons. The molecule has 11 N–H and O–H groups in total. The van der Waals surface area contributed by atoms with Crippen LogP contribution in [0, 0.1) is 28.1 Å². The van der Waals surface area contributed by atoms with Crippen molar-refractivity contribution in [3.8, 4) is 0 Å². The number of carbonyl (C=O) groups is 1. The smallest absolute Gasteiger partial charge is 0.314 e. The van der Waals surface area contributed by atoms with E-state index in [1.165, 1.54) is 0 Å². The van der Waals surface area contributed by atoms with Crippen LogP contribution in [0.2, 0.25) is 0 Å². The lowest BCUT2D eigenvalue weighted by Gasteiger charge is -2.64. The molecule has 18 nitrogen and oxygen atoms in total. The van der Waals surface area contributed by atoms with E-state index in [-0.39, 0.29) is 22.7 Å². The summed E-state index contributed by atoms with van der Waals surface area (Å²) >= 11 is 0. The number of aliphatic hydroxyl groups excluding tert-OH is 11. The fourth-order valence-corrected chi connectivity index (χ4v) is 12.0. The first-order valence-electron chi connectivity index (χ1n) is 19.9. The minimum atomic E-state index is -1.81. The average Bonchev–Trinajstić information content (AvgIpc) is 3.37. The van der Waals surface area contributed by atoms with Gasteiger partial charge in [-0.3, -0.25) is 4.79 Å². The van der Waals surface area contributed by atoms with E-state index in [0.717, 1.165) is 18.4 Å². The standard InChI is InChI=1S/C38H60O18/c1-16-11-37-9-5-20-35(2,7-4-8-36(20,3)34(50)55-32-29(49)26(46)23(43)18(13-40)52-32)21(37)6-10-38(16,15-37)56-33-30(27(47)24(44)19(14-41)53-33)54-31-28(48)25(45)22(42)17(12-39)51-31/h17-33,39-49H,1,4-15H2,2-3H3/t17-,18-,19-,20-,21-,22-,23-,24-,25+,26+,27+,28-,29-,30+,31+,32+,33+,35-,36-,37-,38+/m1/s1. The fourth-order valence-electron chi connectivity index (χ4n) is 12.0. The van der Waals surface area contributed by atoms with Crippen molar-refractivity contribution >= 4 is 5.97 Å². The molecule has 0 amide bonds. The van der Waals surface area contributed by atoms with Gasteiger partial charge in [0.25, 0.3) is 0 Å². The number of esters is 1. The third-order valence-corrected chi connectivity index (χ3v) is 15.0. The molecule has 7 aliphatic rings. The Bertz CT molecular complexity index is 1450. The fraction of sp³-hybridized carbons (Fsp3) is 0.921. The number of aliphatic hydroxyl groups is 11. The van der Waals surface area contributed by atoms with E-state index in [1.807, 2.05) is 6.92 Å². The van der Waals surface area contributed by atoms with Gasteiger partial charge >= 0.3 is 5.97 Å². The number of rotatable bonds is 9. The van der Waals surface area contributed by atoms with Crippen molar-refractivity contribution in [3.63, 3.8) is 0 Å². The largest absolute Gasteiger partial charge is 0.432 e. The van der Waals surface area contributed by atoms with Gasteiger partial charge < -0.3 is 84.6 Å². The zero-order chi connectivity index (χ0) is 40.7. The molecule has 1 spiro atoms. The van der Waals surface area contributed by atoms with Gasteiger partial charge in [0.1, 0.15) is 73.2 Å². The predicted molar refractivity (Wildman–Crippen MR) is 186 cm³/mol. The first-order chi connectivity index (χ1) is 26.4. The molecule has 0 aromatic rings. The molecule has 7 fully saturated rings. The maximum Gasteiger partial charge on any atom is 0.314 e. The zero-order valence-electron chi connectivity index (χ0n) is 31.8. The molecule has 2 bridgehead atoms. The first-order valence-corrected chi connectivity index (χ1v) is 19.9. The van der Waals surface area contributed by atoms with Gasteiger partial charge in [-0.15, -0.1) is 0 Å². The number of hydrogen-bond acceptors (Lipinski definition) is 18. The van der Waals surface area contributed by atoms with Crippen LogP contribution in [0.25, 0.3) is 0 Å². The Morgan fingerprint density at radius 3 is 1.82 bits per heavy atom. The molecule has 21 atom stereocenters. The monoisotopic (exact) mass is 804 g/mol. The Kier molecular flexibility index (Phi) is 11.9. The SMILES string of the molecule is C=C1C[C@@]23CC[C@@H]4[C@@](C)(CCC[C@@]4(C)C(=O)O[C@@H]4O[C@H](CO)[C@@H](O)[C@H](O)[C@H]4O)[C@H]2CC[C@]1(O[C@@H]1O[C@H](CO)[C@@H](O)[C@H](O)[C@@H]1O[C@@H]1O[C@H](CO)[C@@H](O)[C@H](O)[C@H]1O)C3. The highest BCUT2D eigenvalue weighted by Crippen LogP contribution is 2.73. The van der Waals surface area contributed by atoms with Crippen LogP contribution >= 0.6 is 0 Å². The van der Waals surface area contributed by atoms with E-state index < -0.39 is 129 Å². The van der Waals surface area contributed by atoms with Crippen molar-refractivity contribution in [1.82, 2.24) is 0 Å². The van der Waals surface area contributed by atoms with Gasteiger partial charge in [0, 0.05) is 0 Å². The van der Waals surface area contributed by atoms with E-state index in [0.29, 0.717) is 44.9 Å². The van der Waals surface area contributed by atoms with Crippen molar-refractivity contribution in [2.75, 3.05) is 19.8 Å². The molecule has 0 aromatic heterocycles. The second-order valence-electron chi connectivity index (χ2n) is 18.0. The highest BCUT2D eigenvalue weighted by atomic mass is 16.8. The molecule has 320 valence electrons. The van der Waals surface area contributed by atoms with Crippen molar-refractivity contribution in [1.29, 1.82) is 0 Å². The number of ether oxygens (including phenoxy) is 6. The van der Waals surface area contributed by atoms with Crippen LogP contribution in [0.3, 0.4) is 0 Å². The van der Waals surface area contributed by atoms with E-state index in [1.54, 1.807) is 0 Å². The van der Waals surface area contributed by atoms with Gasteiger partial charge in [-0.25, -0.2) is 0 Å². The summed E-state index contributed by atoms with van der Waals surface area (Å²) in [7, 11) is 0. The Labute approximate surface area is 324 Å². The Morgan fingerprint density at radius 2 is 1.21 bits per heavy atom. The molecular formula is C38H60O18. The van der Waals surface area contributed by atoms with Crippen molar-refractivity contribution in [2.24, 2.45) is 28.1 Å². The Balaban J connectivity index is 1.10. The van der Waals surface area contributed by atoms with Crippen molar-refractivity contribution < 1.29 is 89.4 Å². The summed E-state index contributed by atoms with van der Waals surface area (Å²) in [4.78, 5) is 14.1. The van der Waals surface area contributed by atoms with Crippen LogP contribution in [0.5, 0.6) is 0 Å². The van der Waals surface area contributed by atoms with E-state index in [4.69, 9.17) is 28.4 Å². The third kappa shape index (κ3) is 6.69. The Hall–Kier alpha value is -1.43. The lowest BCUT2D eigenvalue weighted by molar-refractivity contribution is -0.378. The first kappa shape index (κ1) is 42.7. The molecule has 3 heterocycles. The van der Waals surface area contributed by atoms with Crippen molar-refractivity contribution in [2.45, 2.75) is 169 Å².